The molecule has 0 saturated carbocycles. The van der Waals surface area contributed by atoms with E-state index >= 15 is 0 Å². The number of fused-ring (bicyclic) bond motifs is 1. The standard InChI is InChI=1S/C12H10BrN3O2/c13-8-4-15-5-9(14)12(8)16-7-1-2-10-11(3-7)18-6-17-10/h1-5H,6,14H2,(H,15,16). The predicted molar refractivity (Wildman–Crippen MR) is 72.2 cm³/mol. The highest BCUT2D eigenvalue weighted by Gasteiger charge is 2.14. The Balaban J connectivity index is 1.93. The van der Waals surface area contributed by atoms with E-state index in [-0.39, 0.29) is 6.79 Å². The third kappa shape index (κ3) is 1.95. The summed E-state index contributed by atoms with van der Waals surface area (Å²) in [6.45, 7) is 0.264. The van der Waals surface area contributed by atoms with E-state index < -0.39 is 0 Å². The van der Waals surface area contributed by atoms with Gasteiger partial charge < -0.3 is 20.5 Å². The number of anilines is 3. The Bertz CT molecular complexity index is 584. The maximum Gasteiger partial charge on any atom is 0.231 e. The van der Waals surface area contributed by atoms with Gasteiger partial charge in [-0.3, -0.25) is 4.98 Å². The first kappa shape index (κ1) is 11.2. The highest BCUT2D eigenvalue weighted by atomic mass is 79.9. The van der Waals surface area contributed by atoms with Crippen LogP contribution < -0.4 is 20.5 Å². The highest BCUT2D eigenvalue weighted by molar-refractivity contribution is 9.10. The molecule has 0 radical (unpaired) electrons. The molecule has 3 N–H and O–H groups in total. The average molecular weight is 308 g/mol. The highest BCUT2D eigenvalue weighted by Crippen LogP contribution is 2.37. The van der Waals surface area contributed by atoms with E-state index in [0.717, 1.165) is 27.3 Å². The number of rotatable bonds is 2. The van der Waals surface area contributed by atoms with Crippen LogP contribution in [0.3, 0.4) is 0 Å². The minimum atomic E-state index is 0.264. The van der Waals surface area contributed by atoms with Crippen molar-refractivity contribution in [2.24, 2.45) is 0 Å². The molecule has 0 atom stereocenters. The van der Waals surface area contributed by atoms with Gasteiger partial charge in [0.2, 0.25) is 6.79 Å². The minimum absolute atomic E-state index is 0.264. The summed E-state index contributed by atoms with van der Waals surface area (Å²) in [5.41, 5.74) is 8.10. The number of ether oxygens (including phenoxy) is 2. The van der Waals surface area contributed by atoms with Crippen molar-refractivity contribution in [1.29, 1.82) is 0 Å². The second-order valence-electron chi connectivity index (χ2n) is 3.78. The van der Waals surface area contributed by atoms with Gasteiger partial charge in [0, 0.05) is 18.0 Å². The fraction of sp³-hybridized carbons (Fsp3) is 0.0833. The largest absolute Gasteiger partial charge is 0.454 e. The van der Waals surface area contributed by atoms with Crippen molar-refractivity contribution in [3.05, 3.63) is 35.1 Å². The Morgan fingerprint density at radius 1 is 1.22 bits per heavy atom. The third-order valence-electron chi connectivity index (χ3n) is 2.57. The SMILES string of the molecule is Nc1cncc(Br)c1Nc1ccc2c(c1)OCO2. The summed E-state index contributed by atoms with van der Waals surface area (Å²) in [4.78, 5) is 3.99. The molecule has 1 aromatic carbocycles. The first-order valence-corrected chi connectivity index (χ1v) is 6.09. The van der Waals surface area contributed by atoms with Gasteiger partial charge in [-0.05, 0) is 28.1 Å². The summed E-state index contributed by atoms with van der Waals surface area (Å²) in [7, 11) is 0. The van der Waals surface area contributed by atoms with Crippen LogP contribution >= 0.6 is 15.9 Å². The summed E-state index contributed by atoms with van der Waals surface area (Å²) < 4.78 is 11.4. The molecule has 5 nitrogen and oxygen atoms in total. The lowest BCUT2D eigenvalue weighted by Crippen LogP contribution is -1.98. The molecule has 1 aromatic heterocycles. The minimum Gasteiger partial charge on any atom is -0.454 e. The second-order valence-corrected chi connectivity index (χ2v) is 4.63. The molecule has 18 heavy (non-hydrogen) atoms. The number of hydrogen-bond donors (Lipinski definition) is 2. The van der Waals surface area contributed by atoms with Crippen LogP contribution in [0.4, 0.5) is 17.1 Å². The smallest absolute Gasteiger partial charge is 0.231 e. The molecule has 0 fully saturated rings. The van der Waals surface area contributed by atoms with Crippen molar-refractivity contribution in [3.63, 3.8) is 0 Å². The van der Waals surface area contributed by atoms with Crippen LogP contribution in [0.25, 0.3) is 0 Å². The van der Waals surface area contributed by atoms with Gasteiger partial charge in [0.05, 0.1) is 22.0 Å². The fourth-order valence-corrected chi connectivity index (χ4v) is 2.15. The molecule has 2 heterocycles. The normalized spacial score (nSPS) is 12.5. The van der Waals surface area contributed by atoms with Crippen LogP contribution in [0.15, 0.2) is 35.1 Å². The Labute approximate surface area is 112 Å². The molecular weight excluding hydrogens is 298 g/mol. The van der Waals surface area contributed by atoms with Crippen molar-refractivity contribution in [2.45, 2.75) is 0 Å². The van der Waals surface area contributed by atoms with E-state index in [2.05, 4.69) is 26.2 Å². The average Bonchev–Trinajstić information content (AvgIpc) is 2.81. The Hall–Kier alpha value is -1.95. The number of benzene rings is 1. The van der Waals surface area contributed by atoms with Crippen LogP contribution in [0.1, 0.15) is 0 Å². The molecule has 92 valence electrons. The number of nitrogens with two attached hydrogens (primary N) is 1. The van der Waals surface area contributed by atoms with Gasteiger partial charge in [-0.2, -0.15) is 0 Å². The Morgan fingerprint density at radius 3 is 2.89 bits per heavy atom. The van der Waals surface area contributed by atoms with E-state index in [1.54, 1.807) is 12.4 Å². The topological polar surface area (TPSA) is 69.4 Å². The van der Waals surface area contributed by atoms with Gasteiger partial charge in [-0.25, -0.2) is 0 Å². The Kier molecular flexibility index (Phi) is 2.71. The van der Waals surface area contributed by atoms with Crippen molar-refractivity contribution in [1.82, 2.24) is 4.98 Å². The zero-order chi connectivity index (χ0) is 12.5. The van der Waals surface area contributed by atoms with Gasteiger partial charge in [0.1, 0.15) is 0 Å². The van der Waals surface area contributed by atoms with Crippen LogP contribution in [0.2, 0.25) is 0 Å². The molecular formula is C12H10BrN3O2. The maximum absolute atomic E-state index is 5.87. The molecule has 0 amide bonds. The van der Waals surface area contributed by atoms with Gasteiger partial charge in [-0.15, -0.1) is 0 Å². The molecule has 0 aliphatic carbocycles. The van der Waals surface area contributed by atoms with Crippen LogP contribution in [0, 0.1) is 0 Å². The van der Waals surface area contributed by atoms with Crippen LogP contribution in [-0.2, 0) is 0 Å². The predicted octanol–water partition coefficient (Wildman–Crippen LogP) is 2.90. The van der Waals surface area contributed by atoms with E-state index in [1.165, 1.54) is 0 Å². The fourth-order valence-electron chi connectivity index (χ4n) is 1.70. The molecule has 6 heteroatoms. The van der Waals surface area contributed by atoms with Crippen LogP contribution in [-0.4, -0.2) is 11.8 Å². The van der Waals surface area contributed by atoms with Crippen LogP contribution in [0.5, 0.6) is 11.5 Å². The quantitative estimate of drug-likeness (QED) is 0.893. The molecule has 1 aliphatic heterocycles. The van der Waals surface area contributed by atoms with E-state index in [1.807, 2.05) is 18.2 Å². The first-order valence-electron chi connectivity index (χ1n) is 5.30. The molecule has 0 unspecified atom stereocenters. The van der Waals surface area contributed by atoms with Gasteiger partial charge >= 0.3 is 0 Å². The molecule has 3 rings (SSSR count). The van der Waals surface area contributed by atoms with Crippen molar-refractivity contribution < 1.29 is 9.47 Å². The summed E-state index contributed by atoms with van der Waals surface area (Å²) in [6.07, 6.45) is 3.28. The zero-order valence-electron chi connectivity index (χ0n) is 9.31. The van der Waals surface area contributed by atoms with Gasteiger partial charge in [0.15, 0.2) is 11.5 Å². The first-order chi connectivity index (χ1) is 8.74. The molecule has 0 bridgehead atoms. The lowest BCUT2D eigenvalue weighted by molar-refractivity contribution is 0.174. The number of nitrogen functional groups attached to an aromatic ring is 1. The number of nitrogens with one attached hydrogen (secondary N) is 1. The van der Waals surface area contributed by atoms with Gasteiger partial charge in [0.25, 0.3) is 0 Å². The van der Waals surface area contributed by atoms with Crippen molar-refractivity contribution in [2.75, 3.05) is 17.8 Å². The summed E-state index contributed by atoms with van der Waals surface area (Å²) in [5.74, 6) is 1.48. The van der Waals surface area contributed by atoms with E-state index in [0.29, 0.717) is 5.69 Å². The maximum atomic E-state index is 5.87. The molecule has 0 spiro atoms. The number of halogens is 1. The van der Waals surface area contributed by atoms with E-state index in [4.69, 9.17) is 15.2 Å². The summed E-state index contributed by atoms with van der Waals surface area (Å²) in [5, 5.41) is 3.22. The molecule has 0 saturated heterocycles. The summed E-state index contributed by atoms with van der Waals surface area (Å²) in [6, 6.07) is 5.63. The van der Waals surface area contributed by atoms with Crippen molar-refractivity contribution in [3.8, 4) is 11.5 Å². The monoisotopic (exact) mass is 307 g/mol. The van der Waals surface area contributed by atoms with Crippen molar-refractivity contribution >= 4 is 33.0 Å². The number of nitrogens with zero attached hydrogens (tertiary/aromatic N) is 1. The lowest BCUT2D eigenvalue weighted by Gasteiger charge is -2.11. The third-order valence-corrected chi connectivity index (χ3v) is 3.17. The lowest BCUT2D eigenvalue weighted by atomic mass is 10.2. The second kappa shape index (κ2) is 4.38. The molecule has 1 aliphatic rings. The van der Waals surface area contributed by atoms with Gasteiger partial charge in [-0.1, -0.05) is 0 Å². The summed E-state index contributed by atoms with van der Waals surface area (Å²) >= 11 is 3.41. The number of aromatic nitrogens is 1. The molecule has 2 aromatic rings. The van der Waals surface area contributed by atoms with E-state index in [9.17, 15) is 0 Å². The number of pyridine rings is 1. The number of hydrogen-bond acceptors (Lipinski definition) is 5. The zero-order valence-corrected chi connectivity index (χ0v) is 10.9. The Morgan fingerprint density at radius 2 is 2.06 bits per heavy atom.